The number of para-hydroxylation sites is 1. The van der Waals surface area contributed by atoms with E-state index in [0.717, 1.165) is 24.3 Å². The standard InChI is InChI=1S/C14H18N2O2/c15-14(18)13(17)10-11-6-2-3-7-12(11)16-8-4-1-5-9-16/h2-3,6-7,10,17H,1,4-5,8-9H2,(H2,15,18). The van der Waals surface area contributed by atoms with Crippen LogP contribution in [0.1, 0.15) is 24.8 Å². The van der Waals surface area contributed by atoms with Crippen LogP contribution < -0.4 is 10.6 Å². The van der Waals surface area contributed by atoms with Gasteiger partial charge in [0.05, 0.1) is 0 Å². The first-order chi connectivity index (χ1) is 8.68. The number of anilines is 1. The maximum absolute atomic E-state index is 10.9. The van der Waals surface area contributed by atoms with Gasteiger partial charge in [-0.05, 0) is 31.4 Å². The molecule has 0 saturated carbocycles. The Kier molecular flexibility index (Phi) is 3.87. The van der Waals surface area contributed by atoms with Crippen LogP contribution in [0.2, 0.25) is 0 Å². The average molecular weight is 246 g/mol. The molecule has 4 nitrogen and oxygen atoms in total. The van der Waals surface area contributed by atoms with Crippen molar-refractivity contribution in [2.45, 2.75) is 19.3 Å². The predicted molar refractivity (Wildman–Crippen MR) is 72.3 cm³/mol. The Balaban J connectivity index is 2.30. The van der Waals surface area contributed by atoms with E-state index < -0.39 is 11.7 Å². The SMILES string of the molecule is NC(=O)C(O)=Cc1ccccc1N1CCCCC1. The Bertz CT molecular complexity index is 463. The highest BCUT2D eigenvalue weighted by Gasteiger charge is 2.14. The molecule has 1 aliphatic rings. The van der Waals surface area contributed by atoms with Gasteiger partial charge in [0.25, 0.3) is 5.91 Å². The zero-order valence-corrected chi connectivity index (χ0v) is 10.3. The van der Waals surface area contributed by atoms with Gasteiger partial charge in [-0.25, -0.2) is 0 Å². The summed E-state index contributed by atoms with van der Waals surface area (Å²) in [7, 11) is 0. The molecule has 3 N–H and O–H groups in total. The Morgan fingerprint density at radius 3 is 2.56 bits per heavy atom. The number of aliphatic hydroxyl groups is 1. The number of rotatable bonds is 3. The molecule has 0 spiro atoms. The molecule has 0 radical (unpaired) electrons. The number of piperidine rings is 1. The highest BCUT2D eigenvalue weighted by molar-refractivity contribution is 5.94. The lowest BCUT2D eigenvalue weighted by atomic mass is 10.1. The van der Waals surface area contributed by atoms with Crippen molar-refractivity contribution >= 4 is 17.7 Å². The minimum absolute atomic E-state index is 0.403. The zero-order valence-electron chi connectivity index (χ0n) is 10.3. The molecule has 0 unspecified atom stereocenters. The van der Waals surface area contributed by atoms with E-state index in [9.17, 15) is 9.90 Å². The molecule has 1 heterocycles. The first-order valence-corrected chi connectivity index (χ1v) is 6.23. The summed E-state index contributed by atoms with van der Waals surface area (Å²) in [5, 5.41) is 9.47. The van der Waals surface area contributed by atoms with Gasteiger partial charge in [-0.2, -0.15) is 0 Å². The maximum atomic E-state index is 10.9. The number of hydrogen-bond acceptors (Lipinski definition) is 3. The van der Waals surface area contributed by atoms with E-state index in [0.29, 0.717) is 0 Å². The van der Waals surface area contributed by atoms with Gasteiger partial charge in [-0.1, -0.05) is 18.2 Å². The number of carbonyl (C=O) groups excluding carboxylic acids is 1. The summed E-state index contributed by atoms with van der Waals surface area (Å²) in [5.41, 5.74) is 6.92. The second-order valence-electron chi connectivity index (χ2n) is 4.50. The van der Waals surface area contributed by atoms with Gasteiger partial charge in [-0.3, -0.25) is 4.79 Å². The van der Waals surface area contributed by atoms with Crippen LogP contribution in [-0.2, 0) is 4.79 Å². The average Bonchev–Trinajstić information content (AvgIpc) is 2.40. The Hall–Kier alpha value is -1.97. The third-order valence-electron chi connectivity index (χ3n) is 3.18. The molecule has 96 valence electrons. The highest BCUT2D eigenvalue weighted by atomic mass is 16.3. The van der Waals surface area contributed by atoms with E-state index >= 15 is 0 Å². The first kappa shape index (κ1) is 12.5. The van der Waals surface area contributed by atoms with Crippen molar-refractivity contribution in [2.75, 3.05) is 18.0 Å². The minimum Gasteiger partial charge on any atom is -0.503 e. The van der Waals surface area contributed by atoms with E-state index in [4.69, 9.17) is 5.73 Å². The molecular weight excluding hydrogens is 228 g/mol. The van der Waals surface area contributed by atoms with E-state index in [-0.39, 0.29) is 0 Å². The van der Waals surface area contributed by atoms with E-state index in [1.54, 1.807) is 0 Å². The van der Waals surface area contributed by atoms with Gasteiger partial charge >= 0.3 is 0 Å². The van der Waals surface area contributed by atoms with Crippen molar-refractivity contribution in [2.24, 2.45) is 5.73 Å². The van der Waals surface area contributed by atoms with E-state index in [2.05, 4.69) is 4.90 Å². The molecule has 0 aliphatic carbocycles. The lowest BCUT2D eigenvalue weighted by Gasteiger charge is -2.30. The number of nitrogens with two attached hydrogens (primary N) is 1. The lowest BCUT2D eigenvalue weighted by Crippen LogP contribution is -2.29. The number of carbonyl (C=O) groups is 1. The summed E-state index contributed by atoms with van der Waals surface area (Å²) >= 11 is 0. The first-order valence-electron chi connectivity index (χ1n) is 6.23. The van der Waals surface area contributed by atoms with E-state index in [1.807, 2.05) is 24.3 Å². The molecule has 1 saturated heterocycles. The molecule has 0 atom stereocenters. The topological polar surface area (TPSA) is 66.6 Å². The number of aliphatic hydroxyl groups excluding tert-OH is 1. The number of primary amides is 1. The van der Waals surface area contributed by atoms with Gasteiger partial charge in [-0.15, -0.1) is 0 Å². The van der Waals surface area contributed by atoms with Crippen molar-refractivity contribution < 1.29 is 9.90 Å². The van der Waals surface area contributed by atoms with Crippen molar-refractivity contribution in [1.82, 2.24) is 0 Å². The highest BCUT2D eigenvalue weighted by Crippen LogP contribution is 2.25. The van der Waals surface area contributed by atoms with Crippen LogP contribution in [0.4, 0.5) is 5.69 Å². The molecule has 4 heteroatoms. The lowest BCUT2D eigenvalue weighted by molar-refractivity contribution is -0.116. The Labute approximate surface area is 107 Å². The fourth-order valence-electron chi connectivity index (χ4n) is 2.25. The number of hydrogen-bond donors (Lipinski definition) is 2. The van der Waals surface area contributed by atoms with Gasteiger partial charge in [0.2, 0.25) is 0 Å². The molecule has 1 amide bonds. The summed E-state index contributed by atoms with van der Waals surface area (Å²) in [6.45, 7) is 2.03. The van der Waals surface area contributed by atoms with Crippen molar-refractivity contribution in [3.05, 3.63) is 35.6 Å². The third-order valence-corrected chi connectivity index (χ3v) is 3.18. The molecule has 0 aromatic heterocycles. The molecule has 1 aliphatic heterocycles. The molecule has 1 aromatic rings. The molecule has 0 bridgehead atoms. The molecule has 1 aromatic carbocycles. The van der Waals surface area contributed by atoms with Crippen LogP contribution in [0.5, 0.6) is 0 Å². The van der Waals surface area contributed by atoms with E-state index in [1.165, 1.54) is 25.3 Å². The predicted octanol–water partition coefficient (Wildman–Crippen LogP) is 2.06. The van der Waals surface area contributed by atoms with Crippen LogP contribution in [-0.4, -0.2) is 24.1 Å². The quantitative estimate of drug-likeness (QED) is 0.633. The van der Waals surface area contributed by atoms with Gasteiger partial charge in [0.15, 0.2) is 5.76 Å². The minimum atomic E-state index is -0.802. The van der Waals surface area contributed by atoms with Crippen LogP contribution in [0.3, 0.4) is 0 Å². The molecule has 18 heavy (non-hydrogen) atoms. The second-order valence-corrected chi connectivity index (χ2v) is 4.50. The fourth-order valence-corrected chi connectivity index (χ4v) is 2.25. The van der Waals surface area contributed by atoms with Crippen LogP contribution in [0, 0.1) is 0 Å². The largest absolute Gasteiger partial charge is 0.503 e. The van der Waals surface area contributed by atoms with Crippen molar-refractivity contribution in [3.63, 3.8) is 0 Å². The summed E-state index contributed by atoms with van der Waals surface area (Å²) in [5.74, 6) is -1.21. The number of nitrogens with zero attached hydrogens (tertiary/aromatic N) is 1. The van der Waals surface area contributed by atoms with Gasteiger partial charge in [0.1, 0.15) is 0 Å². The fraction of sp³-hybridized carbons (Fsp3) is 0.357. The maximum Gasteiger partial charge on any atom is 0.283 e. The van der Waals surface area contributed by atoms with Crippen molar-refractivity contribution in [1.29, 1.82) is 0 Å². The number of benzene rings is 1. The summed E-state index contributed by atoms with van der Waals surface area (Å²) in [6, 6.07) is 7.73. The Morgan fingerprint density at radius 1 is 1.22 bits per heavy atom. The van der Waals surface area contributed by atoms with Crippen LogP contribution in [0.25, 0.3) is 6.08 Å². The van der Waals surface area contributed by atoms with Crippen LogP contribution in [0.15, 0.2) is 30.0 Å². The molecule has 2 rings (SSSR count). The smallest absolute Gasteiger partial charge is 0.283 e. The molecular formula is C14H18N2O2. The summed E-state index contributed by atoms with van der Waals surface area (Å²) in [6.07, 6.45) is 5.06. The van der Waals surface area contributed by atoms with Crippen LogP contribution >= 0.6 is 0 Å². The summed E-state index contributed by atoms with van der Waals surface area (Å²) < 4.78 is 0. The third kappa shape index (κ3) is 2.83. The monoisotopic (exact) mass is 246 g/mol. The normalized spacial score (nSPS) is 16.7. The summed E-state index contributed by atoms with van der Waals surface area (Å²) in [4.78, 5) is 13.2. The second kappa shape index (κ2) is 5.58. The molecule has 1 fully saturated rings. The Morgan fingerprint density at radius 2 is 1.89 bits per heavy atom. The van der Waals surface area contributed by atoms with Crippen molar-refractivity contribution in [3.8, 4) is 0 Å². The zero-order chi connectivity index (χ0) is 13.0. The van der Waals surface area contributed by atoms with Gasteiger partial charge < -0.3 is 15.7 Å². The number of amides is 1. The van der Waals surface area contributed by atoms with Gasteiger partial charge in [0, 0.05) is 24.3 Å².